The zero-order valence-electron chi connectivity index (χ0n) is 16.3. The number of hydrogen-bond acceptors (Lipinski definition) is 5. The van der Waals surface area contributed by atoms with Crippen molar-refractivity contribution in [1.82, 2.24) is 9.71 Å². The summed E-state index contributed by atoms with van der Waals surface area (Å²) in [6.07, 6.45) is 1.03. The smallest absolute Gasteiger partial charge is 0.212 e. The van der Waals surface area contributed by atoms with Crippen molar-refractivity contribution in [2.75, 3.05) is 5.75 Å². The Balaban J connectivity index is 1.54. The SMILES string of the molecule is O=S(=O)(CCc1ccccc1)NC(Cc1ccccc1)c1csc(-c2cccs2)n1. The monoisotopic (exact) mass is 454 g/mol. The van der Waals surface area contributed by atoms with Gasteiger partial charge in [-0.25, -0.2) is 18.1 Å². The fourth-order valence-electron chi connectivity index (χ4n) is 3.19. The van der Waals surface area contributed by atoms with Gasteiger partial charge in [-0.1, -0.05) is 66.7 Å². The Morgan fingerprint density at radius 3 is 2.23 bits per heavy atom. The van der Waals surface area contributed by atoms with Crippen LogP contribution in [0.3, 0.4) is 0 Å². The maximum absolute atomic E-state index is 12.9. The van der Waals surface area contributed by atoms with E-state index in [1.165, 1.54) is 0 Å². The van der Waals surface area contributed by atoms with Crippen LogP contribution in [0.1, 0.15) is 22.9 Å². The highest BCUT2D eigenvalue weighted by Crippen LogP contribution is 2.31. The molecule has 2 aromatic heterocycles. The molecule has 30 heavy (non-hydrogen) atoms. The zero-order chi connectivity index (χ0) is 20.8. The van der Waals surface area contributed by atoms with Crippen LogP contribution in [0.15, 0.2) is 83.6 Å². The van der Waals surface area contributed by atoms with Crippen molar-refractivity contribution in [3.63, 3.8) is 0 Å². The van der Waals surface area contributed by atoms with E-state index in [0.717, 1.165) is 26.7 Å². The van der Waals surface area contributed by atoms with Crippen LogP contribution >= 0.6 is 22.7 Å². The van der Waals surface area contributed by atoms with Crippen molar-refractivity contribution in [3.8, 4) is 9.88 Å². The zero-order valence-corrected chi connectivity index (χ0v) is 18.7. The van der Waals surface area contributed by atoms with Gasteiger partial charge < -0.3 is 0 Å². The third kappa shape index (κ3) is 5.64. The summed E-state index contributed by atoms with van der Waals surface area (Å²) >= 11 is 3.18. The standard InChI is InChI=1S/C23H22N2O2S3/c26-30(27,15-13-18-8-3-1-4-9-18)25-20(16-19-10-5-2-6-11-19)21-17-29-23(24-21)22-12-7-14-28-22/h1-12,14,17,20,25H,13,15-16H2. The van der Waals surface area contributed by atoms with Gasteiger partial charge in [0, 0.05) is 5.38 Å². The fourth-order valence-corrected chi connectivity index (χ4v) is 6.14. The maximum Gasteiger partial charge on any atom is 0.212 e. The van der Waals surface area contributed by atoms with Crippen LogP contribution in [-0.2, 0) is 22.9 Å². The van der Waals surface area contributed by atoms with E-state index in [1.54, 1.807) is 22.7 Å². The van der Waals surface area contributed by atoms with Crippen molar-refractivity contribution < 1.29 is 8.42 Å². The minimum Gasteiger partial charge on any atom is -0.239 e. The third-order valence-electron chi connectivity index (χ3n) is 4.72. The number of thiophene rings is 1. The molecular weight excluding hydrogens is 432 g/mol. The predicted molar refractivity (Wildman–Crippen MR) is 125 cm³/mol. The van der Waals surface area contributed by atoms with Gasteiger partial charge in [-0.3, -0.25) is 0 Å². The lowest BCUT2D eigenvalue weighted by Gasteiger charge is -2.17. The molecule has 0 bridgehead atoms. The molecule has 4 rings (SSSR count). The quantitative estimate of drug-likeness (QED) is 0.372. The average molecular weight is 455 g/mol. The lowest BCUT2D eigenvalue weighted by Crippen LogP contribution is -2.32. The minimum absolute atomic E-state index is 0.0459. The molecule has 0 aliphatic rings. The van der Waals surface area contributed by atoms with Crippen molar-refractivity contribution in [2.45, 2.75) is 18.9 Å². The highest BCUT2D eigenvalue weighted by atomic mass is 32.2. The van der Waals surface area contributed by atoms with Crippen LogP contribution in [0.4, 0.5) is 0 Å². The molecule has 0 aliphatic carbocycles. The first kappa shape index (κ1) is 20.9. The number of nitrogens with zero attached hydrogens (tertiary/aromatic N) is 1. The lowest BCUT2D eigenvalue weighted by molar-refractivity contribution is 0.550. The van der Waals surface area contributed by atoms with Gasteiger partial charge >= 0.3 is 0 Å². The van der Waals surface area contributed by atoms with E-state index in [2.05, 4.69) is 4.72 Å². The molecule has 0 saturated carbocycles. The molecule has 0 spiro atoms. The van der Waals surface area contributed by atoms with E-state index in [-0.39, 0.29) is 5.75 Å². The number of sulfonamides is 1. The van der Waals surface area contributed by atoms with Crippen LogP contribution in [-0.4, -0.2) is 19.2 Å². The number of benzene rings is 2. The van der Waals surface area contributed by atoms with E-state index >= 15 is 0 Å². The van der Waals surface area contributed by atoms with Crippen LogP contribution in [0.25, 0.3) is 9.88 Å². The van der Waals surface area contributed by atoms with Gasteiger partial charge in [-0.2, -0.15) is 0 Å². The van der Waals surface area contributed by atoms with Gasteiger partial charge in [0.25, 0.3) is 0 Å². The van der Waals surface area contributed by atoms with Gasteiger partial charge in [0.05, 0.1) is 22.4 Å². The second-order valence-electron chi connectivity index (χ2n) is 6.97. The van der Waals surface area contributed by atoms with Crippen LogP contribution in [0.2, 0.25) is 0 Å². The first-order valence-electron chi connectivity index (χ1n) is 9.66. The van der Waals surface area contributed by atoms with E-state index < -0.39 is 16.1 Å². The molecule has 7 heteroatoms. The maximum atomic E-state index is 12.9. The van der Waals surface area contributed by atoms with Crippen LogP contribution in [0.5, 0.6) is 0 Å². The van der Waals surface area contributed by atoms with Crippen LogP contribution < -0.4 is 4.72 Å². The summed E-state index contributed by atoms with van der Waals surface area (Å²) in [6.45, 7) is 0. The van der Waals surface area contributed by atoms with Gasteiger partial charge in [-0.15, -0.1) is 22.7 Å². The Labute approximate surface area is 185 Å². The Hall–Kier alpha value is -2.32. The molecule has 0 amide bonds. The molecule has 0 radical (unpaired) electrons. The molecule has 2 aromatic carbocycles. The molecule has 0 fully saturated rings. The first-order chi connectivity index (χ1) is 14.6. The summed E-state index contributed by atoms with van der Waals surface area (Å²) in [5.74, 6) is 0.0459. The summed E-state index contributed by atoms with van der Waals surface area (Å²) in [4.78, 5) is 5.85. The molecule has 1 unspecified atom stereocenters. The normalized spacial score (nSPS) is 12.7. The van der Waals surface area contributed by atoms with Gasteiger partial charge in [0.1, 0.15) is 5.01 Å². The summed E-state index contributed by atoms with van der Waals surface area (Å²) in [7, 11) is -3.47. The molecule has 154 valence electrons. The Morgan fingerprint density at radius 2 is 1.57 bits per heavy atom. The minimum atomic E-state index is -3.47. The molecule has 4 aromatic rings. The molecule has 0 saturated heterocycles. The first-order valence-corrected chi connectivity index (χ1v) is 13.1. The molecule has 4 nitrogen and oxygen atoms in total. The van der Waals surface area contributed by atoms with Crippen molar-refractivity contribution in [2.24, 2.45) is 0 Å². The van der Waals surface area contributed by atoms with E-state index in [1.807, 2.05) is 83.6 Å². The number of aromatic nitrogens is 1. The molecule has 1 atom stereocenters. The number of aryl methyl sites for hydroxylation is 1. The van der Waals surface area contributed by atoms with Crippen molar-refractivity contribution in [3.05, 3.63) is 100 Å². The number of hydrogen-bond donors (Lipinski definition) is 1. The van der Waals surface area contributed by atoms with Gasteiger partial charge in [0.15, 0.2) is 0 Å². The highest BCUT2D eigenvalue weighted by Gasteiger charge is 2.23. The van der Waals surface area contributed by atoms with E-state index in [0.29, 0.717) is 12.8 Å². The number of rotatable bonds is 9. The number of nitrogens with one attached hydrogen (secondary N) is 1. The van der Waals surface area contributed by atoms with Gasteiger partial charge in [0.2, 0.25) is 10.0 Å². The average Bonchev–Trinajstić information content (AvgIpc) is 3.45. The topological polar surface area (TPSA) is 59.1 Å². The van der Waals surface area contributed by atoms with Crippen LogP contribution in [0, 0.1) is 0 Å². The second kappa shape index (κ2) is 9.66. The molecule has 2 heterocycles. The summed E-state index contributed by atoms with van der Waals surface area (Å²) in [6, 6.07) is 23.2. The molecular formula is C23H22N2O2S3. The summed E-state index contributed by atoms with van der Waals surface area (Å²) in [5, 5.41) is 4.90. The predicted octanol–water partition coefficient (Wildman–Crippen LogP) is 5.32. The lowest BCUT2D eigenvalue weighted by atomic mass is 10.1. The molecule has 1 N–H and O–H groups in total. The molecule has 0 aliphatic heterocycles. The third-order valence-corrected chi connectivity index (χ3v) is 8.00. The summed E-state index contributed by atoms with van der Waals surface area (Å²) < 4.78 is 28.7. The van der Waals surface area contributed by atoms with E-state index in [9.17, 15) is 8.42 Å². The Morgan fingerprint density at radius 1 is 0.867 bits per heavy atom. The summed E-state index contributed by atoms with van der Waals surface area (Å²) in [5.41, 5.74) is 2.84. The Bertz CT molecular complexity index is 1160. The number of thiazole rings is 1. The second-order valence-corrected chi connectivity index (χ2v) is 10.6. The van der Waals surface area contributed by atoms with Gasteiger partial charge in [-0.05, 0) is 35.4 Å². The van der Waals surface area contributed by atoms with Crippen molar-refractivity contribution >= 4 is 32.7 Å². The highest BCUT2D eigenvalue weighted by molar-refractivity contribution is 7.89. The fraction of sp³-hybridized carbons (Fsp3) is 0.174. The van der Waals surface area contributed by atoms with Crippen molar-refractivity contribution in [1.29, 1.82) is 0 Å². The van der Waals surface area contributed by atoms with E-state index in [4.69, 9.17) is 4.98 Å². The Kier molecular flexibility index (Phi) is 6.74. The largest absolute Gasteiger partial charge is 0.239 e.